The van der Waals surface area contributed by atoms with Crippen LogP contribution in [-0.4, -0.2) is 31.7 Å². The second-order valence-electron chi connectivity index (χ2n) is 6.76. The molecular formula is C22H22N2O3S. The summed E-state index contributed by atoms with van der Waals surface area (Å²) in [6, 6.07) is 12.1. The lowest BCUT2D eigenvalue weighted by atomic mass is 10.1. The molecule has 0 atom stereocenters. The molecule has 0 spiro atoms. The molecule has 5 nitrogen and oxygen atoms in total. The summed E-state index contributed by atoms with van der Waals surface area (Å²) < 4.78 is 10.7. The molecule has 144 valence electrons. The van der Waals surface area contributed by atoms with Crippen LogP contribution in [0.1, 0.15) is 17.4 Å². The quantitative estimate of drug-likeness (QED) is 0.643. The van der Waals surface area contributed by atoms with E-state index in [1.165, 1.54) is 5.56 Å². The third-order valence-electron chi connectivity index (χ3n) is 5.06. The number of rotatable bonds is 4. The summed E-state index contributed by atoms with van der Waals surface area (Å²) in [6.45, 7) is 4.45. The molecule has 1 amide bonds. The summed E-state index contributed by atoms with van der Waals surface area (Å²) in [5, 5.41) is 0.944. The maximum absolute atomic E-state index is 11.8. The van der Waals surface area contributed by atoms with Crippen molar-refractivity contribution in [2.45, 2.75) is 20.3 Å². The zero-order valence-corrected chi connectivity index (χ0v) is 17.2. The highest BCUT2D eigenvalue weighted by atomic mass is 32.1. The molecule has 28 heavy (non-hydrogen) atoms. The summed E-state index contributed by atoms with van der Waals surface area (Å²) in [6.07, 6.45) is 0.883. The van der Waals surface area contributed by atoms with Crippen LogP contribution < -0.4 is 14.4 Å². The molecule has 3 aromatic rings. The van der Waals surface area contributed by atoms with Gasteiger partial charge in [0, 0.05) is 35.2 Å². The first-order valence-electron chi connectivity index (χ1n) is 9.13. The van der Waals surface area contributed by atoms with Gasteiger partial charge in [0.05, 0.1) is 19.9 Å². The predicted molar refractivity (Wildman–Crippen MR) is 113 cm³/mol. The molecule has 0 aliphatic carbocycles. The monoisotopic (exact) mass is 394 g/mol. The number of aryl methyl sites for hydroxylation is 1. The maximum atomic E-state index is 11.8. The van der Waals surface area contributed by atoms with Crippen LogP contribution in [0.25, 0.3) is 21.8 Å². The van der Waals surface area contributed by atoms with Crippen molar-refractivity contribution in [2.75, 3.05) is 25.7 Å². The molecule has 6 heteroatoms. The van der Waals surface area contributed by atoms with Crippen LogP contribution >= 0.6 is 11.3 Å². The first-order chi connectivity index (χ1) is 13.5. The average molecular weight is 394 g/mol. The fourth-order valence-electron chi connectivity index (χ4n) is 3.63. The van der Waals surface area contributed by atoms with E-state index in [0.29, 0.717) is 11.5 Å². The van der Waals surface area contributed by atoms with E-state index in [2.05, 4.69) is 19.1 Å². The standard InChI is InChI=1S/C22H22N2O3S/c1-13-21(16-5-7-18-15(11-16)9-10-24(18)14(2)25)23-22(28-13)17-6-8-19(26-3)20(12-17)27-4/h5-8,11-12H,9-10H2,1-4H3. The van der Waals surface area contributed by atoms with E-state index in [1.807, 2.05) is 29.2 Å². The minimum absolute atomic E-state index is 0.0899. The number of amides is 1. The first-order valence-corrected chi connectivity index (χ1v) is 9.94. The number of carbonyl (C=O) groups excluding carboxylic acids is 1. The van der Waals surface area contributed by atoms with Crippen LogP contribution in [0.2, 0.25) is 0 Å². The zero-order valence-electron chi connectivity index (χ0n) is 16.4. The highest BCUT2D eigenvalue weighted by molar-refractivity contribution is 7.15. The van der Waals surface area contributed by atoms with Crippen molar-refractivity contribution in [2.24, 2.45) is 0 Å². The molecule has 2 heterocycles. The van der Waals surface area contributed by atoms with Crippen molar-refractivity contribution < 1.29 is 14.3 Å². The van der Waals surface area contributed by atoms with Gasteiger partial charge in [-0.1, -0.05) is 6.07 Å². The Balaban J connectivity index is 1.70. The number of fused-ring (bicyclic) bond motifs is 1. The number of ether oxygens (including phenoxy) is 2. The first kappa shape index (κ1) is 18.5. The molecule has 1 aliphatic rings. The molecule has 1 aromatic heterocycles. The predicted octanol–water partition coefficient (Wildman–Crippen LogP) is 4.71. The lowest BCUT2D eigenvalue weighted by molar-refractivity contribution is -0.116. The van der Waals surface area contributed by atoms with Crippen LogP contribution in [0, 0.1) is 6.92 Å². The lowest BCUT2D eigenvalue weighted by Crippen LogP contribution is -2.25. The third-order valence-corrected chi connectivity index (χ3v) is 6.08. The Hall–Kier alpha value is -2.86. The van der Waals surface area contributed by atoms with E-state index in [9.17, 15) is 4.79 Å². The van der Waals surface area contributed by atoms with Gasteiger partial charge in [-0.05, 0) is 49.2 Å². The van der Waals surface area contributed by atoms with Gasteiger partial charge < -0.3 is 14.4 Å². The van der Waals surface area contributed by atoms with E-state index in [1.54, 1.807) is 32.5 Å². The fraction of sp³-hybridized carbons (Fsp3) is 0.273. The minimum Gasteiger partial charge on any atom is -0.493 e. The summed E-state index contributed by atoms with van der Waals surface area (Å²) in [5.74, 6) is 1.48. The lowest BCUT2D eigenvalue weighted by Gasteiger charge is -2.14. The Morgan fingerprint density at radius 1 is 1.07 bits per heavy atom. The minimum atomic E-state index is 0.0899. The van der Waals surface area contributed by atoms with Crippen molar-refractivity contribution in [1.29, 1.82) is 0 Å². The Labute approximate surface area is 168 Å². The van der Waals surface area contributed by atoms with E-state index in [4.69, 9.17) is 14.5 Å². The van der Waals surface area contributed by atoms with Gasteiger partial charge >= 0.3 is 0 Å². The number of benzene rings is 2. The number of anilines is 1. The summed E-state index contributed by atoms with van der Waals surface area (Å²) in [5.41, 5.74) is 5.29. The normalized spacial score (nSPS) is 12.8. The van der Waals surface area contributed by atoms with Crippen LogP contribution in [-0.2, 0) is 11.2 Å². The van der Waals surface area contributed by atoms with Crippen LogP contribution in [0.4, 0.5) is 5.69 Å². The van der Waals surface area contributed by atoms with Gasteiger partial charge in [0.1, 0.15) is 5.01 Å². The Morgan fingerprint density at radius 2 is 1.82 bits per heavy atom. The smallest absolute Gasteiger partial charge is 0.223 e. The fourth-order valence-corrected chi connectivity index (χ4v) is 4.57. The highest BCUT2D eigenvalue weighted by Gasteiger charge is 2.23. The van der Waals surface area contributed by atoms with Gasteiger partial charge in [-0.2, -0.15) is 0 Å². The molecule has 0 bridgehead atoms. The molecule has 0 unspecified atom stereocenters. The zero-order chi connectivity index (χ0) is 19.8. The van der Waals surface area contributed by atoms with E-state index < -0.39 is 0 Å². The summed E-state index contributed by atoms with van der Waals surface area (Å²) >= 11 is 1.66. The molecule has 0 saturated carbocycles. The van der Waals surface area contributed by atoms with Crippen molar-refractivity contribution in [1.82, 2.24) is 4.98 Å². The summed E-state index contributed by atoms with van der Waals surface area (Å²) in [7, 11) is 3.26. The van der Waals surface area contributed by atoms with Gasteiger partial charge in [0.2, 0.25) is 5.91 Å². The van der Waals surface area contributed by atoms with Crippen molar-refractivity contribution >= 4 is 22.9 Å². The molecule has 0 fully saturated rings. The molecule has 0 N–H and O–H groups in total. The average Bonchev–Trinajstić information content (AvgIpc) is 3.30. The molecule has 1 aliphatic heterocycles. The van der Waals surface area contributed by atoms with E-state index in [-0.39, 0.29) is 5.91 Å². The van der Waals surface area contributed by atoms with Crippen LogP contribution in [0.5, 0.6) is 11.5 Å². The molecule has 2 aromatic carbocycles. The highest BCUT2D eigenvalue weighted by Crippen LogP contribution is 2.39. The third kappa shape index (κ3) is 3.14. The van der Waals surface area contributed by atoms with Crippen molar-refractivity contribution in [3.63, 3.8) is 0 Å². The number of hydrogen-bond donors (Lipinski definition) is 0. The van der Waals surface area contributed by atoms with E-state index >= 15 is 0 Å². The number of carbonyl (C=O) groups is 1. The Bertz CT molecular complexity index is 1060. The molecule has 0 radical (unpaired) electrons. The molecular weight excluding hydrogens is 372 g/mol. The molecule has 4 rings (SSSR count). The van der Waals surface area contributed by atoms with Gasteiger partial charge in [0.25, 0.3) is 0 Å². The van der Waals surface area contributed by atoms with Gasteiger partial charge in [-0.25, -0.2) is 4.98 Å². The number of methoxy groups -OCH3 is 2. The van der Waals surface area contributed by atoms with Crippen molar-refractivity contribution in [3.05, 3.63) is 46.8 Å². The number of thiazole rings is 1. The van der Waals surface area contributed by atoms with Crippen molar-refractivity contribution in [3.8, 4) is 33.3 Å². The second-order valence-corrected chi connectivity index (χ2v) is 7.96. The summed E-state index contributed by atoms with van der Waals surface area (Å²) in [4.78, 5) is 19.7. The topological polar surface area (TPSA) is 51.7 Å². The van der Waals surface area contributed by atoms with E-state index in [0.717, 1.165) is 45.4 Å². The largest absolute Gasteiger partial charge is 0.493 e. The number of nitrogens with zero attached hydrogens (tertiary/aromatic N) is 2. The molecule has 0 saturated heterocycles. The van der Waals surface area contributed by atoms with Crippen LogP contribution in [0.3, 0.4) is 0 Å². The Morgan fingerprint density at radius 3 is 2.54 bits per heavy atom. The SMILES string of the molecule is COc1ccc(-c2nc(-c3ccc4c(c3)CCN4C(C)=O)c(C)s2)cc1OC. The second kappa shape index (κ2) is 7.28. The van der Waals surface area contributed by atoms with Crippen LogP contribution in [0.15, 0.2) is 36.4 Å². The Kier molecular flexibility index (Phi) is 4.81. The number of aromatic nitrogens is 1. The van der Waals surface area contributed by atoms with Gasteiger partial charge in [-0.15, -0.1) is 11.3 Å². The van der Waals surface area contributed by atoms with Gasteiger partial charge in [-0.3, -0.25) is 4.79 Å². The van der Waals surface area contributed by atoms with Gasteiger partial charge in [0.15, 0.2) is 11.5 Å². The maximum Gasteiger partial charge on any atom is 0.223 e. The number of hydrogen-bond acceptors (Lipinski definition) is 5.